The van der Waals surface area contributed by atoms with Crippen LogP contribution in [-0.4, -0.2) is 19.0 Å². The molecule has 2 atom stereocenters. The van der Waals surface area contributed by atoms with Gasteiger partial charge in [0.05, 0.1) is 18.2 Å². The molecule has 0 radical (unpaired) electrons. The summed E-state index contributed by atoms with van der Waals surface area (Å²) in [5.41, 5.74) is 3.79. The Kier molecular flexibility index (Phi) is 5.15. The normalized spacial score (nSPS) is 20.9. The Morgan fingerprint density at radius 3 is 2.62 bits per heavy atom. The van der Waals surface area contributed by atoms with Crippen LogP contribution >= 0.6 is 11.3 Å². The molecule has 1 aromatic carbocycles. The quantitative estimate of drug-likeness (QED) is 0.699. The van der Waals surface area contributed by atoms with Crippen LogP contribution in [0.25, 0.3) is 0 Å². The van der Waals surface area contributed by atoms with Gasteiger partial charge in [-0.2, -0.15) is 0 Å². The zero-order valence-corrected chi connectivity index (χ0v) is 18.2. The SMILES string of the molecule is CCC(C)(C)[C@@H]1CCc2c(sc3c2C(=O)N[C@@H](c2ccc(C(=O)OC)cc2)N3)C1. The molecule has 0 fully saturated rings. The van der Waals surface area contributed by atoms with Crippen LogP contribution in [0.1, 0.15) is 76.5 Å². The van der Waals surface area contributed by atoms with E-state index in [1.165, 1.54) is 24.0 Å². The fraction of sp³-hybridized carbons (Fsp3) is 0.478. The van der Waals surface area contributed by atoms with Crippen molar-refractivity contribution in [3.63, 3.8) is 0 Å². The van der Waals surface area contributed by atoms with Gasteiger partial charge in [-0.25, -0.2) is 4.79 Å². The second-order valence-electron chi connectivity index (χ2n) is 8.65. The largest absolute Gasteiger partial charge is 0.465 e. The molecular weight excluding hydrogens is 384 g/mol. The van der Waals surface area contributed by atoms with E-state index >= 15 is 0 Å². The van der Waals surface area contributed by atoms with E-state index in [1.807, 2.05) is 12.1 Å². The van der Waals surface area contributed by atoms with Crippen LogP contribution in [0.5, 0.6) is 0 Å². The van der Waals surface area contributed by atoms with Crippen LogP contribution in [0, 0.1) is 11.3 Å². The van der Waals surface area contributed by atoms with Crippen LogP contribution in [0.4, 0.5) is 5.00 Å². The summed E-state index contributed by atoms with van der Waals surface area (Å²) < 4.78 is 4.75. The standard InChI is InChI=1S/C23H28N2O3S/c1-5-23(2,3)15-10-11-16-17(12-15)29-21-18(16)20(26)24-19(25-21)13-6-8-14(9-7-13)22(27)28-4/h6-9,15,19,25H,5,10-12H2,1-4H3,(H,24,26)/t15-,19-/m1/s1. The lowest BCUT2D eigenvalue weighted by Gasteiger charge is -2.36. The molecule has 0 saturated carbocycles. The van der Waals surface area contributed by atoms with Crippen LogP contribution in [0.3, 0.4) is 0 Å². The zero-order valence-electron chi connectivity index (χ0n) is 17.4. The molecule has 2 heterocycles. The first-order valence-corrected chi connectivity index (χ1v) is 11.1. The maximum Gasteiger partial charge on any atom is 0.337 e. The van der Waals surface area contributed by atoms with Crippen molar-refractivity contribution in [3.8, 4) is 0 Å². The summed E-state index contributed by atoms with van der Waals surface area (Å²) in [4.78, 5) is 25.9. The van der Waals surface area contributed by atoms with Gasteiger partial charge in [-0.15, -0.1) is 11.3 Å². The summed E-state index contributed by atoms with van der Waals surface area (Å²) >= 11 is 1.74. The average Bonchev–Trinajstić information content (AvgIpc) is 3.11. The van der Waals surface area contributed by atoms with Gasteiger partial charge in [0.15, 0.2) is 0 Å². The third-order valence-electron chi connectivity index (χ3n) is 6.72. The van der Waals surface area contributed by atoms with E-state index in [1.54, 1.807) is 23.5 Å². The molecule has 1 aliphatic heterocycles. The molecule has 1 amide bonds. The number of ether oxygens (including phenoxy) is 1. The first-order valence-electron chi connectivity index (χ1n) is 10.2. The summed E-state index contributed by atoms with van der Waals surface area (Å²) in [7, 11) is 1.37. The molecular formula is C23H28N2O3S. The molecule has 0 spiro atoms. The molecule has 4 rings (SSSR count). The van der Waals surface area contributed by atoms with Crippen LogP contribution < -0.4 is 10.6 Å². The van der Waals surface area contributed by atoms with Gasteiger partial charge in [-0.05, 0) is 53.9 Å². The van der Waals surface area contributed by atoms with Gasteiger partial charge in [-0.1, -0.05) is 39.3 Å². The number of benzene rings is 1. The predicted octanol–water partition coefficient (Wildman–Crippen LogP) is 4.93. The smallest absolute Gasteiger partial charge is 0.337 e. The number of amides is 1. The van der Waals surface area contributed by atoms with E-state index in [0.717, 1.165) is 35.4 Å². The Labute approximate surface area is 175 Å². The van der Waals surface area contributed by atoms with Crippen molar-refractivity contribution < 1.29 is 14.3 Å². The fourth-order valence-electron chi connectivity index (χ4n) is 4.35. The summed E-state index contributed by atoms with van der Waals surface area (Å²) in [6.45, 7) is 6.98. The second kappa shape index (κ2) is 7.48. The third-order valence-corrected chi connectivity index (χ3v) is 7.91. The first-order chi connectivity index (χ1) is 13.8. The number of methoxy groups -OCH3 is 1. The van der Waals surface area contributed by atoms with Crippen molar-refractivity contribution in [3.05, 3.63) is 51.4 Å². The Balaban J connectivity index is 1.58. The van der Waals surface area contributed by atoms with Gasteiger partial charge in [0, 0.05) is 4.88 Å². The molecule has 154 valence electrons. The number of esters is 1. The zero-order chi connectivity index (χ0) is 20.8. The number of rotatable bonds is 4. The molecule has 1 aliphatic carbocycles. The van der Waals surface area contributed by atoms with E-state index in [-0.39, 0.29) is 18.0 Å². The average molecular weight is 413 g/mol. The lowest BCUT2D eigenvalue weighted by Crippen LogP contribution is -2.38. The molecule has 2 aliphatic rings. The van der Waals surface area contributed by atoms with Crippen molar-refractivity contribution in [2.45, 2.75) is 52.6 Å². The Morgan fingerprint density at radius 2 is 1.97 bits per heavy atom. The van der Waals surface area contributed by atoms with Crippen molar-refractivity contribution in [1.82, 2.24) is 5.32 Å². The number of carbonyl (C=O) groups is 2. The molecule has 0 unspecified atom stereocenters. The van der Waals surface area contributed by atoms with Gasteiger partial charge >= 0.3 is 5.97 Å². The lowest BCUT2D eigenvalue weighted by atomic mass is 9.69. The van der Waals surface area contributed by atoms with E-state index in [9.17, 15) is 9.59 Å². The number of thiophene rings is 1. The molecule has 2 aromatic rings. The topological polar surface area (TPSA) is 67.4 Å². The van der Waals surface area contributed by atoms with Gasteiger partial charge in [0.1, 0.15) is 11.2 Å². The number of nitrogens with one attached hydrogen (secondary N) is 2. The molecule has 0 saturated heterocycles. The van der Waals surface area contributed by atoms with Gasteiger partial charge in [-0.3, -0.25) is 4.79 Å². The maximum absolute atomic E-state index is 12.9. The predicted molar refractivity (Wildman–Crippen MR) is 116 cm³/mol. The maximum atomic E-state index is 12.9. The summed E-state index contributed by atoms with van der Waals surface area (Å²) in [5.74, 6) is 0.284. The molecule has 29 heavy (non-hydrogen) atoms. The number of anilines is 1. The molecule has 2 N–H and O–H groups in total. The number of fused-ring (bicyclic) bond motifs is 3. The molecule has 6 heteroatoms. The van der Waals surface area contributed by atoms with Crippen molar-refractivity contribution in [2.75, 3.05) is 12.4 Å². The minimum absolute atomic E-state index is 0.00787. The Hall–Kier alpha value is -2.34. The fourth-order valence-corrected chi connectivity index (χ4v) is 5.70. The van der Waals surface area contributed by atoms with E-state index in [0.29, 0.717) is 16.9 Å². The number of hydrogen-bond acceptors (Lipinski definition) is 5. The highest BCUT2D eigenvalue weighted by molar-refractivity contribution is 7.16. The third kappa shape index (κ3) is 3.54. The van der Waals surface area contributed by atoms with E-state index < -0.39 is 0 Å². The summed E-state index contributed by atoms with van der Waals surface area (Å²) in [6.07, 6.45) is 4.04. The van der Waals surface area contributed by atoms with Gasteiger partial charge < -0.3 is 15.4 Å². The number of hydrogen-bond donors (Lipinski definition) is 2. The lowest BCUT2D eigenvalue weighted by molar-refractivity contribution is 0.0600. The van der Waals surface area contributed by atoms with E-state index in [2.05, 4.69) is 31.4 Å². The van der Waals surface area contributed by atoms with Crippen LogP contribution in [0.2, 0.25) is 0 Å². The minimum Gasteiger partial charge on any atom is -0.465 e. The highest BCUT2D eigenvalue weighted by atomic mass is 32.1. The minimum atomic E-state index is -0.366. The number of carbonyl (C=O) groups excluding carboxylic acids is 2. The summed E-state index contributed by atoms with van der Waals surface area (Å²) in [5, 5.41) is 7.55. The monoisotopic (exact) mass is 412 g/mol. The van der Waals surface area contributed by atoms with Crippen molar-refractivity contribution >= 4 is 28.2 Å². The van der Waals surface area contributed by atoms with E-state index in [4.69, 9.17) is 4.74 Å². The molecule has 5 nitrogen and oxygen atoms in total. The Bertz CT molecular complexity index is 946. The molecule has 1 aromatic heterocycles. The van der Waals surface area contributed by atoms with Crippen LogP contribution in [0.15, 0.2) is 24.3 Å². The van der Waals surface area contributed by atoms with Crippen molar-refractivity contribution in [1.29, 1.82) is 0 Å². The highest BCUT2D eigenvalue weighted by Crippen LogP contribution is 2.46. The molecule has 0 bridgehead atoms. The summed E-state index contributed by atoms with van der Waals surface area (Å²) in [6, 6.07) is 7.15. The van der Waals surface area contributed by atoms with Crippen LogP contribution in [-0.2, 0) is 17.6 Å². The van der Waals surface area contributed by atoms with Gasteiger partial charge in [0.2, 0.25) is 0 Å². The van der Waals surface area contributed by atoms with Gasteiger partial charge in [0.25, 0.3) is 5.91 Å². The van der Waals surface area contributed by atoms with Crippen molar-refractivity contribution in [2.24, 2.45) is 11.3 Å². The second-order valence-corrected chi connectivity index (χ2v) is 9.76. The highest BCUT2D eigenvalue weighted by Gasteiger charge is 2.37. The first kappa shape index (κ1) is 20.0. The Morgan fingerprint density at radius 1 is 1.24 bits per heavy atom.